The van der Waals surface area contributed by atoms with Crippen LogP contribution in [0, 0.1) is 0 Å². The molecule has 0 radical (unpaired) electrons. The highest BCUT2D eigenvalue weighted by molar-refractivity contribution is 7.88. The molecule has 0 aliphatic heterocycles. The van der Waals surface area contributed by atoms with Gasteiger partial charge in [-0.2, -0.15) is 0 Å². The van der Waals surface area contributed by atoms with Gasteiger partial charge in [-0.25, -0.2) is 12.7 Å². The Bertz CT molecular complexity index is 442. The summed E-state index contributed by atoms with van der Waals surface area (Å²) in [5.41, 5.74) is 1.43. The first-order valence-corrected chi connectivity index (χ1v) is 6.73. The maximum atomic E-state index is 11.8. The van der Waals surface area contributed by atoms with Crippen molar-refractivity contribution in [3.63, 3.8) is 0 Å². The molecule has 1 aromatic carbocycles. The molecule has 0 heterocycles. The number of nitrogens with zero attached hydrogens (tertiary/aromatic N) is 1. The van der Waals surface area contributed by atoms with Gasteiger partial charge in [0.05, 0.1) is 12.4 Å². The van der Waals surface area contributed by atoms with Gasteiger partial charge in [0, 0.05) is 13.6 Å². The third-order valence-electron chi connectivity index (χ3n) is 2.44. The van der Waals surface area contributed by atoms with Gasteiger partial charge >= 0.3 is 0 Å². The van der Waals surface area contributed by atoms with Crippen molar-refractivity contribution in [3.8, 4) is 0 Å². The van der Waals surface area contributed by atoms with Crippen LogP contribution in [0.1, 0.15) is 18.1 Å². The molecule has 0 bridgehead atoms. The summed E-state index contributed by atoms with van der Waals surface area (Å²) in [7, 11) is -1.68. The standard InChI is InChI=1S/C11H17NO3S/c1-3-12(2)16(14,15)9-11-6-4-5-10(7-11)8-13/h4-7,13H,3,8-9H2,1-2H3. The minimum absolute atomic E-state index is 0.0226. The minimum Gasteiger partial charge on any atom is -0.392 e. The van der Waals surface area contributed by atoms with Gasteiger partial charge in [0.2, 0.25) is 10.0 Å². The van der Waals surface area contributed by atoms with E-state index in [1.807, 2.05) is 0 Å². The molecule has 0 saturated heterocycles. The third kappa shape index (κ3) is 3.30. The number of hydrogen-bond acceptors (Lipinski definition) is 3. The maximum absolute atomic E-state index is 11.8. The van der Waals surface area contributed by atoms with Crippen LogP contribution in [-0.2, 0) is 22.4 Å². The van der Waals surface area contributed by atoms with Crippen molar-refractivity contribution < 1.29 is 13.5 Å². The smallest absolute Gasteiger partial charge is 0.218 e. The van der Waals surface area contributed by atoms with Crippen LogP contribution < -0.4 is 0 Å². The minimum atomic E-state index is -3.24. The number of rotatable bonds is 5. The van der Waals surface area contributed by atoms with Crippen molar-refractivity contribution in [1.82, 2.24) is 4.31 Å². The first kappa shape index (κ1) is 13.2. The van der Waals surface area contributed by atoms with E-state index in [0.717, 1.165) is 5.56 Å². The summed E-state index contributed by atoms with van der Waals surface area (Å²) in [6.07, 6.45) is 0. The Morgan fingerprint density at radius 3 is 2.50 bits per heavy atom. The van der Waals surface area contributed by atoms with Crippen LogP contribution >= 0.6 is 0 Å². The number of benzene rings is 1. The summed E-state index contributed by atoms with van der Waals surface area (Å²) >= 11 is 0. The molecule has 1 rings (SSSR count). The molecule has 0 aromatic heterocycles. The van der Waals surface area contributed by atoms with Gasteiger partial charge < -0.3 is 5.11 Å². The molecular formula is C11H17NO3S. The second-order valence-corrected chi connectivity index (χ2v) is 5.72. The molecule has 1 aromatic rings. The number of sulfonamides is 1. The summed E-state index contributed by atoms with van der Waals surface area (Å²) in [4.78, 5) is 0. The predicted octanol–water partition coefficient (Wildman–Crippen LogP) is 0.960. The zero-order valence-electron chi connectivity index (χ0n) is 9.55. The molecule has 0 amide bonds. The fourth-order valence-corrected chi connectivity index (χ4v) is 2.55. The highest BCUT2D eigenvalue weighted by Gasteiger charge is 2.16. The zero-order chi connectivity index (χ0) is 12.2. The molecule has 5 heteroatoms. The highest BCUT2D eigenvalue weighted by atomic mass is 32.2. The second kappa shape index (κ2) is 5.43. The van der Waals surface area contributed by atoms with Gasteiger partial charge in [0.1, 0.15) is 0 Å². The topological polar surface area (TPSA) is 57.6 Å². The Kier molecular flexibility index (Phi) is 4.46. The van der Waals surface area contributed by atoms with E-state index in [1.165, 1.54) is 4.31 Å². The lowest BCUT2D eigenvalue weighted by Gasteiger charge is -2.14. The molecule has 0 saturated carbocycles. The molecule has 0 atom stereocenters. The highest BCUT2D eigenvalue weighted by Crippen LogP contribution is 2.11. The Hall–Kier alpha value is -0.910. The van der Waals surface area contributed by atoms with E-state index < -0.39 is 10.0 Å². The van der Waals surface area contributed by atoms with Crippen LogP contribution in [0.5, 0.6) is 0 Å². The van der Waals surface area contributed by atoms with Crippen molar-refractivity contribution >= 4 is 10.0 Å². The first-order valence-electron chi connectivity index (χ1n) is 5.12. The lowest BCUT2D eigenvalue weighted by Crippen LogP contribution is -2.27. The van der Waals surface area contributed by atoms with E-state index in [1.54, 1.807) is 38.2 Å². The largest absolute Gasteiger partial charge is 0.392 e. The molecule has 90 valence electrons. The monoisotopic (exact) mass is 243 g/mol. The molecule has 0 fully saturated rings. The van der Waals surface area contributed by atoms with E-state index in [-0.39, 0.29) is 12.4 Å². The van der Waals surface area contributed by atoms with Crippen LogP contribution in [-0.4, -0.2) is 31.4 Å². The van der Waals surface area contributed by atoms with Crippen molar-refractivity contribution in [2.45, 2.75) is 19.3 Å². The van der Waals surface area contributed by atoms with Crippen LogP contribution in [0.2, 0.25) is 0 Å². The molecule has 0 spiro atoms. The van der Waals surface area contributed by atoms with Crippen molar-refractivity contribution in [2.75, 3.05) is 13.6 Å². The lowest BCUT2D eigenvalue weighted by molar-refractivity contribution is 0.281. The van der Waals surface area contributed by atoms with Gasteiger partial charge in [-0.1, -0.05) is 31.2 Å². The van der Waals surface area contributed by atoms with Gasteiger partial charge in [-0.15, -0.1) is 0 Å². The lowest BCUT2D eigenvalue weighted by atomic mass is 10.1. The van der Waals surface area contributed by atoms with Crippen molar-refractivity contribution in [2.24, 2.45) is 0 Å². The van der Waals surface area contributed by atoms with Crippen molar-refractivity contribution in [1.29, 1.82) is 0 Å². The SMILES string of the molecule is CCN(C)S(=O)(=O)Cc1cccc(CO)c1. The van der Waals surface area contributed by atoms with E-state index in [4.69, 9.17) is 5.11 Å². The Morgan fingerprint density at radius 2 is 1.94 bits per heavy atom. The third-order valence-corrected chi connectivity index (χ3v) is 4.35. The fraction of sp³-hybridized carbons (Fsp3) is 0.455. The molecular weight excluding hydrogens is 226 g/mol. The van der Waals surface area contributed by atoms with Gasteiger partial charge in [0.15, 0.2) is 0 Å². The van der Waals surface area contributed by atoms with Crippen LogP contribution in [0.4, 0.5) is 0 Å². The van der Waals surface area contributed by atoms with Gasteiger partial charge in [0.25, 0.3) is 0 Å². The van der Waals surface area contributed by atoms with Crippen molar-refractivity contribution in [3.05, 3.63) is 35.4 Å². The Balaban J connectivity index is 2.88. The summed E-state index contributed by atoms with van der Waals surface area (Å²) in [6, 6.07) is 6.98. The summed E-state index contributed by atoms with van der Waals surface area (Å²) in [5.74, 6) is -0.0226. The summed E-state index contributed by atoms with van der Waals surface area (Å²) in [6.45, 7) is 2.18. The quantitative estimate of drug-likeness (QED) is 0.838. The van der Waals surface area contributed by atoms with E-state index >= 15 is 0 Å². The Morgan fingerprint density at radius 1 is 1.31 bits per heavy atom. The Labute approximate surface area is 96.6 Å². The van der Waals surface area contributed by atoms with E-state index in [0.29, 0.717) is 12.1 Å². The molecule has 16 heavy (non-hydrogen) atoms. The van der Waals surface area contributed by atoms with Crippen LogP contribution in [0.25, 0.3) is 0 Å². The molecule has 1 N–H and O–H groups in total. The second-order valence-electron chi connectivity index (χ2n) is 3.65. The summed E-state index contributed by atoms with van der Waals surface area (Å²) in [5, 5.41) is 8.96. The maximum Gasteiger partial charge on any atom is 0.218 e. The average Bonchev–Trinajstić information content (AvgIpc) is 2.27. The molecule has 0 aliphatic rings. The zero-order valence-corrected chi connectivity index (χ0v) is 10.4. The predicted molar refractivity (Wildman–Crippen MR) is 63.3 cm³/mol. The van der Waals surface area contributed by atoms with E-state index in [2.05, 4.69) is 0 Å². The molecule has 0 aliphatic carbocycles. The fourth-order valence-electron chi connectivity index (χ4n) is 1.34. The average molecular weight is 243 g/mol. The van der Waals surface area contributed by atoms with Crippen LogP contribution in [0.3, 0.4) is 0 Å². The molecule has 0 unspecified atom stereocenters. The molecule has 4 nitrogen and oxygen atoms in total. The summed E-state index contributed by atoms with van der Waals surface area (Å²) < 4.78 is 24.9. The van der Waals surface area contributed by atoms with Gasteiger partial charge in [-0.05, 0) is 11.1 Å². The van der Waals surface area contributed by atoms with Crippen LogP contribution in [0.15, 0.2) is 24.3 Å². The first-order chi connectivity index (χ1) is 7.49. The van der Waals surface area contributed by atoms with E-state index in [9.17, 15) is 8.42 Å². The van der Waals surface area contributed by atoms with Gasteiger partial charge in [-0.3, -0.25) is 0 Å². The number of aliphatic hydroxyl groups is 1. The normalized spacial score (nSPS) is 12.0. The number of hydrogen-bond donors (Lipinski definition) is 1. The number of aliphatic hydroxyl groups excluding tert-OH is 1.